The maximum Gasteiger partial charge on any atom is 0.145 e. The molecule has 1 aliphatic carbocycles. The van der Waals surface area contributed by atoms with Crippen LogP contribution in [0.2, 0.25) is 5.02 Å². The van der Waals surface area contributed by atoms with E-state index in [4.69, 9.17) is 11.6 Å². The average Bonchev–Trinajstić information content (AvgIpc) is 2.95. The Morgan fingerprint density at radius 3 is 1.82 bits per heavy atom. The van der Waals surface area contributed by atoms with Crippen molar-refractivity contribution in [2.24, 2.45) is 5.92 Å². The molecule has 0 N–H and O–H groups in total. The molecule has 0 heterocycles. The van der Waals surface area contributed by atoms with E-state index in [0.717, 1.165) is 44.2 Å². The van der Waals surface area contributed by atoms with Gasteiger partial charge in [0.2, 0.25) is 0 Å². The summed E-state index contributed by atoms with van der Waals surface area (Å²) in [7, 11) is 0. The van der Waals surface area contributed by atoms with Crippen molar-refractivity contribution in [3.05, 3.63) is 105 Å². The predicted octanol–water partition coefficient (Wildman–Crippen LogP) is 11.1. The SMILES string of the molecule is CCCCCCCc1ccc([C@H]2CC[C@H](CCc3cc(F)c(CCc4cc(F)c(Cl)c(F)c4)c(F)c3)CC2)cc1. The summed E-state index contributed by atoms with van der Waals surface area (Å²) in [5.41, 5.74) is 3.80. The molecule has 40 heavy (non-hydrogen) atoms. The maximum absolute atomic E-state index is 14.8. The van der Waals surface area contributed by atoms with Gasteiger partial charge in [0.15, 0.2) is 0 Å². The molecule has 0 saturated heterocycles. The van der Waals surface area contributed by atoms with Crippen LogP contribution in [0.5, 0.6) is 0 Å². The van der Waals surface area contributed by atoms with E-state index in [1.54, 1.807) is 0 Å². The number of halogens is 5. The van der Waals surface area contributed by atoms with E-state index in [2.05, 4.69) is 31.2 Å². The van der Waals surface area contributed by atoms with Crippen LogP contribution < -0.4 is 0 Å². The fourth-order valence-corrected chi connectivity index (χ4v) is 6.21. The highest BCUT2D eigenvalue weighted by Crippen LogP contribution is 2.38. The Morgan fingerprint density at radius 1 is 0.625 bits per heavy atom. The third-order valence-electron chi connectivity index (χ3n) is 8.62. The Bertz CT molecular complexity index is 1180. The van der Waals surface area contributed by atoms with Gasteiger partial charge in [0, 0.05) is 5.56 Å². The van der Waals surface area contributed by atoms with Crippen molar-refractivity contribution in [3.63, 3.8) is 0 Å². The summed E-state index contributed by atoms with van der Waals surface area (Å²) in [4.78, 5) is 0. The topological polar surface area (TPSA) is 0 Å². The summed E-state index contributed by atoms with van der Waals surface area (Å²) in [5.74, 6) is -1.77. The molecular formula is C35H41ClF4. The zero-order chi connectivity index (χ0) is 28.5. The quantitative estimate of drug-likeness (QED) is 0.108. The van der Waals surface area contributed by atoms with Crippen LogP contribution in [-0.4, -0.2) is 0 Å². The van der Waals surface area contributed by atoms with Gasteiger partial charge in [-0.3, -0.25) is 0 Å². The molecule has 3 aromatic carbocycles. The van der Waals surface area contributed by atoms with Crippen molar-refractivity contribution >= 4 is 11.6 Å². The molecule has 0 aromatic heterocycles. The molecule has 3 aromatic rings. The third-order valence-corrected chi connectivity index (χ3v) is 8.98. The van der Waals surface area contributed by atoms with Gasteiger partial charge in [-0.1, -0.05) is 68.5 Å². The number of hydrogen-bond donors (Lipinski definition) is 0. The first-order valence-electron chi connectivity index (χ1n) is 15.0. The minimum absolute atomic E-state index is 0.0163. The van der Waals surface area contributed by atoms with E-state index in [9.17, 15) is 17.6 Å². The smallest absolute Gasteiger partial charge is 0.145 e. The van der Waals surface area contributed by atoms with Gasteiger partial charge < -0.3 is 0 Å². The van der Waals surface area contributed by atoms with Crippen LogP contribution in [0.15, 0.2) is 48.5 Å². The molecule has 4 rings (SSSR count). The van der Waals surface area contributed by atoms with Gasteiger partial charge in [-0.05, 0) is 123 Å². The van der Waals surface area contributed by atoms with Crippen molar-refractivity contribution < 1.29 is 17.6 Å². The summed E-state index contributed by atoms with van der Waals surface area (Å²) in [6.07, 6.45) is 14.0. The summed E-state index contributed by atoms with van der Waals surface area (Å²) >= 11 is 5.52. The molecule has 0 spiro atoms. The highest BCUT2D eigenvalue weighted by molar-refractivity contribution is 6.30. The van der Waals surface area contributed by atoms with Gasteiger partial charge in [-0.25, -0.2) is 17.6 Å². The fraction of sp³-hybridized carbons (Fsp3) is 0.486. The standard InChI is InChI=1S/C35H41ClF4/c1-2-3-4-5-6-7-24-10-15-28(16-11-24)29-17-12-25(13-18-29)8-9-26-20-31(37)30(32(38)21-26)19-14-27-22-33(39)35(36)34(40)23-27/h10-11,15-16,20-23,25,29H,2-9,12-14,17-19H2,1H3/t25-,29-. The van der Waals surface area contributed by atoms with Gasteiger partial charge >= 0.3 is 0 Å². The van der Waals surface area contributed by atoms with Gasteiger partial charge in [0.05, 0.1) is 0 Å². The molecule has 0 amide bonds. The Morgan fingerprint density at radius 2 is 1.20 bits per heavy atom. The summed E-state index contributed by atoms with van der Waals surface area (Å²) in [6.45, 7) is 2.25. The monoisotopic (exact) mass is 572 g/mol. The van der Waals surface area contributed by atoms with Gasteiger partial charge in [-0.15, -0.1) is 0 Å². The second kappa shape index (κ2) is 15.1. The highest BCUT2D eigenvalue weighted by Gasteiger charge is 2.23. The molecule has 1 fully saturated rings. The second-order valence-electron chi connectivity index (χ2n) is 11.6. The molecule has 0 bridgehead atoms. The molecule has 5 heteroatoms. The number of aryl methyl sites for hydroxylation is 3. The number of rotatable bonds is 13. The largest absolute Gasteiger partial charge is 0.207 e. The van der Waals surface area contributed by atoms with Crippen LogP contribution in [0.4, 0.5) is 17.6 Å². The molecule has 216 valence electrons. The molecule has 1 saturated carbocycles. The lowest BCUT2D eigenvalue weighted by atomic mass is 9.76. The van der Waals surface area contributed by atoms with Crippen molar-refractivity contribution in [3.8, 4) is 0 Å². The number of unbranched alkanes of at least 4 members (excludes halogenated alkanes) is 4. The molecule has 0 atom stereocenters. The van der Waals surface area contributed by atoms with Crippen LogP contribution >= 0.6 is 11.6 Å². The lowest BCUT2D eigenvalue weighted by molar-refractivity contribution is 0.310. The van der Waals surface area contributed by atoms with Crippen LogP contribution in [0, 0.1) is 29.2 Å². The number of hydrogen-bond acceptors (Lipinski definition) is 0. The van der Waals surface area contributed by atoms with E-state index in [0.29, 0.717) is 29.4 Å². The molecule has 1 aliphatic rings. The van der Waals surface area contributed by atoms with Gasteiger partial charge in [-0.2, -0.15) is 0 Å². The number of benzene rings is 3. The van der Waals surface area contributed by atoms with Gasteiger partial charge in [0.1, 0.15) is 28.3 Å². The third kappa shape index (κ3) is 8.59. The molecular weight excluding hydrogens is 532 g/mol. The van der Waals surface area contributed by atoms with Crippen molar-refractivity contribution in [1.29, 1.82) is 0 Å². The average molecular weight is 573 g/mol. The molecule has 0 radical (unpaired) electrons. The molecule has 0 nitrogen and oxygen atoms in total. The van der Waals surface area contributed by atoms with E-state index >= 15 is 0 Å². The summed E-state index contributed by atoms with van der Waals surface area (Å²) in [5, 5.41) is -0.573. The van der Waals surface area contributed by atoms with Crippen molar-refractivity contribution in [1.82, 2.24) is 0 Å². The van der Waals surface area contributed by atoms with E-state index in [1.807, 2.05) is 0 Å². The van der Waals surface area contributed by atoms with Crippen LogP contribution in [0.1, 0.15) is 105 Å². The minimum atomic E-state index is -0.872. The molecule has 0 unspecified atom stereocenters. The predicted molar refractivity (Wildman–Crippen MR) is 157 cm³/mol. The normalized spacial score (nSPS) is 17.4. The first-order valence-corrected chi connectivity index (χ1v) is 15.4. The Balaban J connectivity index is 1.22. The fourth-order valence-electron chi connectivity index (χ4n) is 6.10. The zero-order valence-corrected chi connectivity index (χ0v) is 24.3. The Hall–Kier alpha value is -2.33. The maximum atomic E-state index is 14.8. The van der Waals surface area contributed by atoms with Gasteiger partial charge in [0.25, 0.3) is 0 Å². The zero-order valence-electron chi connectivity index (χ0n) is 23.6. The lowest BCUT2D eigenvalue weighted by Gasteiger charge is -2.29. The van der Waals surface area contributed by atoms with Crippen LogP contribution in [0.3, 0.4) is 0 Å². The molecule has 0 aliphatic heterocycles. The second-order valence-corrected chi connectivity index (χ2v) is 12.0. The first kappa shape index (κ1) is 30.6. The Labute approximate surface area is 242 Å². The Kier molecular flexibility index (Phi) is 11.5. The lowest BCUT2D eigenvalue weighted by Crippen LogP contribution is -2.14. The van der Waals surface area contributed by atoms with Crippen molar-refractivity contribution in [2.45, 2.75) is 103 Å². The minimum Gasteiger partial charge on any atom is -0.207 e. The van der Waals surface area contributed by atoms with Crippen LogP contribution in [0.25, 0.3) is 0 Å². The van der Waals surface area contributed by atoms with E-state index in [-0.39, 0.29) is 18.4 Å². The van der Waals surface area contributed by atoms with E-state index < -0.39 is 28.3 Å². The summed E-state index contributed by atoms with van der Waals surface area (Å²) < 4.78 is 56.9. The van der Waals surface area contributed by atoms with E-state index in [1.165, 1.54) is 61.8 Å². The van der Waals surface area contributed by atoms with Crippen molar-refractivity contribution in [2.75, 3.05) is 0 Å². The first-order chi connectivity index (χ1) is 19.3. The van der Waals surface area contributed by atoms with Crippen LogP contribution in [-0.2, 0) is 25.7 Å². The summed E-state index contributed by atoms with van der Waals surface area (Å²) in [6, 6.07) is 14.3. The highest BCUT2D eigenvalue weighted by atomic mass is 35.5.